The van der Waals surface area contributed by atoms with Crippen LogP contribution in [0.4, 0.5) is 19.4 Å². The van der Waals surface area contributed by atoms with E-state index in [1.54, 1.807) is 24.2 Å². The number of ether oxygens (including phenoxy) is 2. The maximum Gasteiger partial charge on any atom is 0.320 e. The number of aromatic nitrogens is 4. The standard InChI is InChI=1S/C30H33F2N7O3/c1-4-42-30-33-15-21(16-34-30)27-19(2)28(39(37-27)24-8-6-5-7-9-24)36-29(40)35-26-18-38(10-11-41-3)17-25(26)20-12-22(31)14-23(32)13-20/h5-9,12-16,25-26H,4,10-11,17-18H2,1-3H3,(H2,35,36,40). The Morgan fingerprint density at radius 1 is 1.07 bits per heavy atom. The number of nitrogens with one attached hydrogen (secondary N) is 2. The van der Waals surface area contributed by atoms with Gasteiger partial charge in [-0.25, -0.2) is 28.2 Å². The first kappa shape index (κ1) is 29.1. The largest absolute Gasteiger partial charge is 0.464 e. The maximum absolute atomic E-state index is 14.1. The molecule has 1 saturated heterocycles. The lowest BCUT2D eigenvalue weighted by Crippen LogP contribution is -2.42. The van der Waals surface area contributed by atoms with Crippen molar-refractivity contribution < 1.29 is 23.0 Å². The van der Waals surface area contributed by atoms with Crippen LogP contribution < -0.4 is 15.4 Å². The second-order valence-electron chi connectivity index (χ2n) is 10.0. The molecule has 0 spiro atoms. The molecule has 2 amide bonds. The maximum atomic E-state index is 14.1. The number of likely N-dealkylation sites (tertiary alicyclic amines) is 1. The highest BCUT2D eigenvalue weighted by atomic mass is 19.1. The molecule has 4 aromatic rings. The van der Waals surface area contributed by atoms with Crippen molar-refractivity contribution in [1.82, 2.24) is 30.0 Å². The quantitative estimate of drug-likeness (QED) is 0.285. The molecule has 220 valence electrons. The molecule has 2 N–H and O–H groups in total. The highest BCUT2D eigenvalue weighted by molar-refractivity contribution is 5.91. The molecule has 42 heavy (non-hydrogen) atoms. The number of nitrogens with zero attached hydrogens (tertiary/aromatic N) is 5. The molecule has 0 aliphatic carbocycles. The number of urea groups is 1. The summed E-state index contributed by atoms with van der Waals surface area (Å²) in [7, 11) is 1.62. The summed E-state index contributed by atoms with van der Waals surface area (Å²) < 4.78 is 40.5. The average molecular weight is 578 g/mol. The van der Waals surface area contributed by atoms with Gasteiger partial charge in [-0.2, -0.15) is 5.10 Å². The van der Waals surface area contributed by atoms with Gasteiger partial charge in [0.1, 0.15) is 23.1 Å². The number of amides is 2. The minimum Gasteiger partial charge on any atom is -0.464 e. The summed E-state index contributed by atoms with van der Waals surface area (Å²) in [4.78, 5) is 24.1. The van der Waals surface area contributed by atoms with E-state index in [0.717, 1.165) is 11.8 Å². The third kappa shape index (κ3) is 6.55. The lowest BCUT2D eigenvalue weighted by Gasteiger charge is -2.21. The number of anilines is 1. The molecule has 5 rings (SSSR count). The van der Waals surface area contributed by atoms with Crippen LogP contribution in [0.25, 0.3) is 16.9 Å². The molecule has 0 saturated carbocycles. The summed E-state index contributed by atoms with van der Waals surface area (Å²) in [6, 6.07) is 12.3. The number of benzene rings is 2. The molecule has 2 unspecified atom stereocenters. The summed E-state index contributed by atoms with van der Waals surface area (Å²) in [5.74, 6) is -1.17. The van der Waals surface area contributed by atoms with Crippen molar-refractivity contribution in [2.75, 3.05) is 45.3 Å². The van der Waals surface area contributed by atoms with Crippen LogP contribution in [0.1, 0.15) is 24.0 Å². The van der Waals surface area contributed by atoms with Crippen molar-refractivity contribution in [2.24, 2.45) is 0 Å². The van der Waals surface area contributed by atoms with Crippen LogP contribution in [0.2, 0.25) is 0 Å². The fourth-order valence-electron chi connectivity index (χ4n) is 5.19. The van der Waals surface area contributed by atoms with Gasteiger partial charge < -0.3 is 14.8 Å². The zero-order valence-corrected chi connectivity index (χ0v) is 23.7. The van der Waals surface area contributed by atoms with Crippen LogP contribution in [0.15, 0.2) is 60.9 Å². The molecule has 3 heterocycles. The lowest BCUT2D eigenvalue weighted by atomic mass is 9.94. The molecule has 1 fully saturated rings. The SMILES string of the molecule is CCOc1ncc(-c2nn(-c3ccccc3)c(NC(=O)NC3CN(CCOC)CC3c3cc(F)cc(F)c3)c2C)cn1. The van der Waals surface area contributed by atoms with Crippen LogP contribution in [-0.4, -0.2) is 76.7 Å². The van der Waals surface area contributed by atoms with Gasteiger partial charge in [-0.1, -0.05) is 18.2 Å². The van der Waals surface area contributed by atoms with Gasteiger partial charge >= 0.3 is 12.0 Å². The summed E-state index contributed by atoms with van der Waals surface area (Å²) in [5.41, 5.74) is 3.19. The first-order valence-corrected chi connectivity index (χ1v) is 13.7. The van der Waals surface area contributed by atoms with E-state index in [-0.39, 0.29) is 11.9 Å². The molecule has 0 bridgehead atoms. The van der Waals surface area contributed by atoms with Crippen molar-refractivity contribution in [3.63, 3.8) is 0 Å². The topological polar surface area (TPSA) is 106 Å². The second-order valence-corrected chi connectivity index (χ2v) is 10.0. The van der Waals surface area contributed by atoms with Gasteiger partial charge in [0.15, 0.2) is 0 Å². The van der Waals surface area contributed by atoms with E-state index in [0.29, 0.717) is 61.1 Å². The number of hydrogen-bond donors (Lipinski definition) is 2. The predicted octanol–water partition coefficient (Wildman–Crippen LogP) is 4.55. The van der Waals surface area contributed by atoms with Crippen molar-refractivity contribution in [3.8, 4) is 23.0 Å². The molecule has 1 aliphatic rings. The fourth-order valence-corrected chi connectivity index (χ4v) is 5.19. The van der Waals surface area contributed by atoms with Crippen LogP contribution in [0, 0.1) is 18.6 Å². The highest BCUT2D eigenvalue weighted by Crippen LogP contribution is 2.32. The summed E-state index contributed by atoms with van der Waals surface area (Å²) in [5, 5.41) is 10.8. The van der Waals surface area contributed by atoms with Gasteiger partial charge in [-0.3, -0.25) is 10.2 Å². The van der Waals surface area contributed by atoms with Crippen molar-refractivity contribution >= 4 is 11.8 Å². The van der Waals surface area contributed by atoms with Gasteiger partial charge in [-0.15, -0.1) is 0 Å². The first-order valence-electron chi connectivity index (χ1n) is 13.7. The Morgan fingerprint density at radius 3 is 2.45 bits per heavy atom. The normalized spacial score (nSPS) is 16.9. The molecule has 2 atom stereocenters. The Hall–Kier alpha value is -4.42. The van der Waals surface area contributed by atoms with Gasteiger partial charge in [0.05, 0.1) is 24.9 Å². The van der Waals surface area contributed by atoms with Gasteiger partial charge in [0, 0.05) is 62.2 Å². The number of para-hydroxylation sites is 1. The number of carbonyl (C=O) groups is 1. The van der Waals surface area contributed by atoms with Gasteiger partial charge in [-0.05, 0) is 43.7 Å². The van der Waals surface area contributed by atoms with Gasteiger partial charge in [0.25, 0.3) is 0 Å². The third-order valence-corrected chi connectivity index (χ3v) is 7.17. The third-order valence-electron chi connectivity index (χ3n) is 7.17. The first-order chi connectivity index (χ1) is 20.4. The van der Waals surface area contributed by atoms with E-state index in [1.165, 1.54) is 12.1 Å². The summed E-state index contributed by atoms with van der Waals surface area (Å²) in [6.07, 6.45) is 3.25. The minimum atomic E-state index is -0.656. The number of hydrogen-bond acceptors (Lipinski definition) is 7. The molecular formula is C30H33F2N7O3. The Bertz CT molecular complexity index is 1500. The monoisotopic (exact) mass is 577 g/mol. The van der Waals surface area contributed by atoms with Crippen LogP contribution in [0.5, 0.6) is 6.01 Å². The number of halogens is 2. The fraction of sp³-hybridized carbons (Fsp3) is 0.333. The Labute approximate surface area is 242 Å². The summed E-state index contributed by atoms with van der Waals surface area (Å²) >= 11 is 0. The lowest BCUT2D eigenvalue weighted by molar-refractivity contribution is 0.159. The van der Waals surface area contributed by atoms with Crippen LogP contribution in [0.3, 0.4) is 0 Å². The Kier molecular flexibility index (Phi) is 9.03. The second kappa shape index (κ2) is 13.0. The van der Waals surface area contributed by atoms with Crippen molar-refractivity contribution in [1.29, 1.82) is 0 Å². The van der Waals surface area contributed by atoms with Crippen molar-refractivity contribution in [2.45, 2.75) is 25.8 Å². The molecule has 10 nitrogen and oxygen atoms in total. The predicted molar refractivity (Wildman–Crippen MR) is 154 cm³/mol. The summed E-state index contributed by atoms with van der Waals surface area (Å²) in [6.45, 7) is 6.28. The molecule has 2 aromatic heterocycles. The number of methoxy groups -OCH3 is 1. The average Bonchev–Trinajstić information content (AvgIpc) is 3.53. The van der Waals surface area contributed by atoms with Crippen molar-refractivity contribution in [3.05, 3.63) is 83.7 Å². The molecule has 0 radical (unpaired) electrons. The number of carbonyl (C=O) groups excluding carboxylic acids is 1. The Balaban J connectivity index is 1.42. The zero-order chi connectivity index (χ0) is 29.6. The molecule has 1 aliphatic heterocycles. The van der Waals surface area contributed by atoms with E-state index in [9.17, 15) is 13.6 Å². The van der Waals surface area contributed by atoms with E-state index >= 15 is 0 Å². The van der Waals surface area contributed by atoms with E-state index < -0.39 is 23.7 Å². The molecule has 2 aromatic carbocycles. The van der Waals surface area contributed by atoms with E-state index in [4.69, 9.17) is 14.6 Å². The zero-order valence-electron chi connectivity index (χ0n) is 23.7. The smallest absolute Gasteiger partial charge is 0.320 e. The highest BCUT2D eigenvalue weighted by Gasteiger charge is 2.35. The van der Waals surface area contributed by atoms with E-state index in [2.05, 4.69) is 25.5 Å². The molecular weight excluding hydrogens is 544 g/mol. The van der Waals surface area contributed by atoms with Gasteiger partial charge in [0.2, 0.25) is 0 Å². The number of rotatable bonds is 10. The van der Waals surface area contributed by atoms with Crippen LogP contribution in [-0.2, 0) is 4.74 Å². The Morgan fingerprint density at radius 2 is 1.79 bits per heavy atom. The molecule has 12 heteroatoms. The minimum absolute atomic E-state index is 0.267. The van der Waals surface area contributed by atoms with E-state index in [1.807, 2.05) is 44.2 Å². The van der Waals surface area contributed by atoms with Crippen LogP contribution >= 0.6 is 0 Å².